The highest BCUT2D eigenvalue weighted by Crippen LogP contribution is 2.33. The molecule has 0 saturated heterocycles. The molecule has 31 heavy (non-hydrogen) atoms. The van der Waals surface area contributed by atoms with Crippen LogP contribution in [0.2, 0.25) is 0 Å². The second-order valence-corrected chi connectivity index (χ2v) is 7.18. The molecule has 2 heterocycles. The normalized spacial score (nSPS) is 10.9. The summed E-state index contributed by atoms with van der Waals surface area (Å²) in [5.74, 6) is 0.919. The van der Waals surface area contributed by atoms with Crippen LogP contribution < -0.4 is 14.8 Å². The van der Waals surface area contributed by atoms with E-state index in [4.69, 9.17) is 14.6 Å². The van der Waals surface area contributed by atoms with E-state index < -0.39 is 0 Å². The van der Waals surface area contributed by atoms with Crippen molar-refractivity contribution in [1.29, 1.82) is 0 Å². The zero-order chi connectivity index (χ0) is 21.6. The monoisotopic (exact) mass is 433 g/mol. The summed E-state index contributed by atoms with van der Waals surface area (Å²) in [6.07, 6.45) is 5.03. The zero-order valence-corrected chi connectivity index (χ0v) is 17.7. The van der Waals surface area contributed by atoms with Gasteiger partial charge in [-0.3, -0.25) is 10.1 Å². The Morgan fingerprint density at radius 3 is 2.61 bits per heavy atom. The molecule has 0 aliphatic rings. The number of amides is 1. The first-order valence-electron chi connectivity index (χ1n) is 9.30. The molecule has 2 aromatic heterocycles. The van der Waals surface area contributed by atoms with Crippen LogP contribution >= 0.6 is 11.3 Å². The van der Waals surface area contributed by atoms with Crippen molar-refractivity contribution in [3.8, 4) is 28.4 Å². The molecule has 0 unspecified atom stereocenters. The van der Waals surface area contributed by atoms with Crippen LogP contribution in [0.3, 0.4) is 0 Å². The lowest BCUT2D eigenvalue weighted by Crippen LogP contribution is -2.07. The predicted octanol–water partition coefficient (Wildman–Crippen LogP) is 4.06. The summed E-state index contributed by atoms with van der Waals surface area (Å²) < 4.78 is 12.5. The van der Waals surface area contributed by atoms with Crippen LogP contribution in [0, 0.1) is 0 Å². The average molecular weight is 433 g/mol. The van der Waals surface area contributed by atoms with Gasteiger partial charge < -0.3 is 9.47 Å². The van der Waals surface area contributed by atoms with Gasteiger partial charge in [0.2, 0.25) is 11.0 Å². The van der Waals surface area contributed by atoms with E-state index in [9.17, 15) is 4.79 Å². The highest BCUT2D eigenvalue weighted by atomic mass is 32.1. The lowest BCUT2D eigenvalue weighted by atomic mass is 10.1. The SMILES string of the molecule is COc1ccc(-c2nn(-c3ccccc3)cc2/C=C/C(=O)Nc2nncs2)cc1OC. The van der Waals surface area contributed by atoms with Gasteiger partial charge in [-0.15, -0.1) is 10.2 Å². The summed E-state index contributed by atoms with van der Waals surface area (Å²) in [6.45, 7) is 0. The standard InChI is InChI=1S/C22H19N5O3S/c1-29-18-10-8-15(12-19(18)30-2)21-16(9-11-20(28)24-22-25-23-14-31-22)13-27(26-21)17-6-4-3-5-7-17/h3-14H,1-2H3,(H,24,25,28)/b11-9+. The third-order valence-electron chi connectivity index (χ3n) is 4.42. The molecule has 0 atom stereocenters. The van der Waals surface area contributed by atoms with Crippen molar-refractivity contribution < 1.29 is 14.3 Å². The van der Waals surface area contributed by atoms with Crippen LogP contribution in [0.1, 0.15) is 5.56 Å². The van der Waals surface area contributed by atoms with Crippen molar-refractivity contribution in [3.05, 3.63) is 71.9 Å². The van der Waals surface area contributed by atoms with Gasteiger partial charge in [-0.05, 0) is 36.4 Å². The first kappa shape index (κ1) is 20.3. The van der Waals surface area contributed by atoms with Crippen LogP contribution in [-0.2, 0) is 4.79 Å². The number of nitrogens with one attached hydrogen (secondary N) is 1. The maximum Gasteiger partial charge on any atom is 0.250 e. The molecule has 2 aromatic carbocycles. The van der Waals surface area contributed by atoms with Crippen molar-refractivity contribution in [1.82, 2.24) is 20.0 Å². The van der Waals surface area contributed by atoms with Gasteiger partial charge in [0.05, 0.1) is 19.9 Å². The lowest BCUT2D eigenvalue weighted by molar-refractivity contribution is -0.111. The van der Waals surface area contributed by atoms with Crippen LogP contribution in [0.15, 0.2) is 66.3 Å². The molecule has 0 saturated carbocycles. The highest BCUT2D eigenvalue weighted by molar-refractivity contribution is 7.13. The number of ether oxygens (including phenoxy) is 2. The molecular weight excluding hydrogens is 414 g/mol. The van der Waals surface area contributed by atoms with Gasteiger partial charge in [-0.25, -0.2) is 4.68 Å². The largest absolute Gasteiger partial charge is 0.493 e. The van der Waals surface area contributed by atoms with Crippen LogP contribution in [0.5, 0.6) is 11.5 Å². The fourth-order valence-corrected chi connectivity index (χ4v) is 3.42. The summed E-state index contributed by atoms with van der Waals surface area (Å²) in [5, 5.41) is 15.4. The Bertz CT molecular complexity index is 1200. The molecule has 156 valence electrons. The number of para-hydroxylation sites is 1. The van der Waals surface area contributed by atoms with Gasteiger partial charge in [0.15, 0.2) is 11.5 Å². The minimum atomic E-state index is -0.303. The molecule has 4 rings (SSSR count). The average Bonchev–Trinajstić information content (AvgIpc) is 3.48. The Labute approximate surface area is 182 Å². The molecule has 8 nitrogen and oxygen atoms in total. The van der Waals surface area contributed by atoms with Gasteiger partial charge in [0.25, 0.3) is 0 Å². The maximum atomic E-state index is 12.3. The summed E-state index contributed by atoms with van der Waals surface area (Å²) in [4.78, 5) is 12.3. The predicted molar refractivity (Wildman–Crippen MR) is 120 cm³/mol. The molecule has 1 amide bonds. The van der Waals surface area contributed by atoms with E-state index in [-0.39, 0.29) is 5.91 Å². The number of carbonyl (C=O) groups excluding carboxylic acids is 1. The first-order chi connectivity index (χ1) is 15.2. The summed E-state index contributed by atoms with van der Waals surface area (Å²) in [6, 6.07) is 15.3. The molecule has 0 aliphatic heterocycles. The second kappa shape index (κ2) is 9.23. The molecule has 0 bridgehead atoms. The molecule has 0 aliphatic carbocycles. The molecule has 0 fully saturated rings. The lowest BCUT2D eigenvalue weighted by Gasteiger charge is -2.09. The fraction of sp³-hybridized carbons (Fsp3) is 0.0909. The smallest absolute Gasteiger partial charge is 0.250 e. The van der Waals surface area contributed by atoms with E-state index in [1.807, 2.05) is 54.7 Å². The van der Waals surface area contributed by atoms with Crippen LogP contribution in [-0.4, -0.2) is 40.1 Å². The quantitative estimate of drug-likeness (QED) is 0.442. The van der Waals surface area contributed by atoms with Crippen molar-refractivity contribution in [2.45, 2.75) is 0 Å². The summed E-state index contributed by atoms with van der Waals surface area (Å²) in [5.41, 5.74) is 4.75. The van der Waals surface area contributed by atoms with Crippen LogP contribution in [0.4, 0.5) is 5.13 Å². The van der Waals surface area contributed by atoms with Gasteiger partial charge >= 0.3 is 0 Å². The van der Waals surface area contributed by atoms with Crippen molar-refractivity contribution >= 4 is 28.5 Å². The minimum absolute atomic E-state index is 0.303. The number of anilines is 1. The maximum absolute atomic E-state index is 12.3. The Morgan fingerprint density at radius 1 is 1.10 bits per heavy atom. The number of hydrogen-bond donors (Lipinski definition) is 1. The van der Waals surface area contributed by atoms with E-state index in [1.165, 1.54) is 17.4 Å². The van der Waals surface area contributed by atoms with Gasteiger partial charge in [0.1, 0.15) is 11.2 Å². The molecular formula is C22H19N5O3S. The molecule has 4 aromatic rings. The van der Waals surface area contributed by atoms with Crippen molar-refractivity contribution in [2.24, 2.45) is 0 Å². The number of carbonyl (C=O) groups is 1. The summed E-state index contributed by atoms with van der Waals surface area (Å²) >= 11 is 1.25. The zero-order valence-electron chi connectivity index (χ0n) is 16.9. The number of aromatic nitrogens is 4. The van der Waals surface area contributed by atoms with E-state index in [0.29, 0.717) is 22.3 Å². The number of nitrogens with zero attached hydrogens (tertiary/aromatic N) is 4. The Kier molecular flexibility index (Phi) is 6.04. The Balaban J connectivity index is 1.72. The molecule has 9 heteroatoms. The van der Waals surface area contributed by atoms with Gasteiger partial charge in [-0.2, -0.15) is 5.10 Å². The summed E-state index contributed by atoms with van der Waals surface area (Å²) in [7, 11) is 3.18. The van der Waals surface area contributed by atoms with Gasteiger partial charge in [0, 0.05) is 23.4 Å². The Hall–Kier alpha value is -3.98. The third kappa shape index (κ3) is 4.62. The Morgan fingerprint density at radius 2 is 1.90 bits per heavy atom. The number of hydrogen-bond acceptors (Lipinski definition) is 7. The van der Waals surface area contributed by atoms with Crippen LogP contribution in [0.25, 0.3) is 23.0 Å². The first-order valence-corrected chi connectivity index (χ1v) is 10.2. The van der Waals surface area contributed by atoms with Crippen molar-refractivity contribution in [3.63, 3.8) is 0 Å². The molecule has 1 N–H and O–H groups in total. The number of methoxy groups -OCH3 is 2. The van der Waals surface area contributed by atoms with E-state index in [0.717, 1.165) is 16.8 Å². The van der Waals surface area contributed by atoms with Gasteiger partial charge in [-0.1, -0.05) is 29.5 Å². The van der Waals surface area contributed by atoms with E-state index in [1.54, 1.807) is 30.5 Å². The van der Waals surface area contributed by atoms with E-state index in [2.05, 4.69) is 15.5 Å². The second-order valence-electron chi connectivity index (χ2n) is 6.35. The van der Waals surface area contributed by atoms with E-state index >= 15 is 0 Å². The highest BCUT2D eigenvalue weighted by Gasteiger charge is 2.14. The number of benzene rings is 2. The third-order valence-corrected chi connectivity index (χ3v) is 5.03. The minimum Gasteiger partial charge on any atom is -0.493 e. The molecule has 0 spiro atoms. The number of rotatable bonds is 7. The topological polar surface area (TPSA) is 91.2 Å². The van der Waals surface area contributed by atoms with Crippen molar-refractivity contribution in [2.75, 3.05) is 19.5 Å². The molecule has 0 radical (unpaired) electrons. The fourth-order valence-electron chi connectivity index (χ4n) is 2.97.